The molecule has 1 heteroatoms. The van der Waals surface area contributed by atoms with Gasteiger partial charge in [-0.15, -0.1) is 11.3 Å². The van der Waals surface area contributed by atoms with Crippen LogP contribution < -0.4 is 0 Å². The Balaban J connectivity index is 1.38. The Hall–Kier alpha value is -4.46. The van der Waals surface area contributed by atoms with Gasteiger partial charge < -0.3 is 0 Å². The summed E-state index contributed by atoms with van der Waals surface area (Å²) in [5.74, 6) is 0. The highest BCUT2D eigenvalue weighted by molar-refractivity contribution is 7.26. The molecule has 0 nitrogen and oxygen atoms in total. The highest BCUT2D eigenvalue weighted by Crippen LogP contribution is 2.53. The van der Waals surface area contributed by atoms with E-state index in [2.05, 4.69) is 147 Å². The first-order valence-electron chi connectivity index (χ1n) is 13.9. The highest BCUT2D eigenvalue weighted by Gasteiger charge is 2.37. The molecule has 8 rings (SSSR count). The van der Waals surface area contributed by atoms with Crippen molar-refractivity contribution in [2.75, 3.05) is 0 Å². The molecule has 7 aromatic rings. The van der Waals surface area contributed by atoms with Crippen LogP contribution in [0.4, 0.5) is 0 Å². The van der Waals surface area contributed by atoms with E-state index in [1.165, 1.54) is 75.8 Å². The van der Waals surface area contributed by atoms with Crippen molar-refractivity contribution >= 4 is 31.5 Å². The number of benzene rings is 6. The summed E-state index contributed by atoms with van der Waals surface area (Å²) < 4.78 is 2.70. The van der Waals surface area contributed by atoms with Crippen LogP contribution >= 0.6 is 11.3 Å². The van der Waals surface area contributed by atoms with Crippen molar-refractivity contribution < 1.29 is 0 Å². The molecule has 6 aromatic carbocycles. The fraction of sp³-hybridized carbons (Fsp3) is 0.0769. The lowest BCUT2D eigenvalue weighted by molar-refractivity contribution is 0.662. The van der Waals surface area contributed by atoms with E-state index in [0.29, 0.717) is 0 Å². The van der Waals surface area contributed by atoms with Crippen LogP contribution in [0, 0.1) is 0 Å². The van der Waals surface area contributed by atoms with Crippen molar-refractivity contribution in [1.82, 2.24) is 0 Å². The molecule has 0 radical (unpaired) electrons. The fourth-order valence-electron chi connectivity index (χ4n) is 6.78. The van der Waals surface area contributed by atoms with Gasteiger partial charge >= 0.3 is 0 Å². The van der Waals surface area contributed by atoms with Crippen LogP contribution in [0.2, 0.25) is 0 Å². The minimum atomic E-state index is -0.0853. The Morgan fingerprint density at radius 2 is 1.07 bits per heavy atom. The van der Waals surface area contributed by atoms with Gasteiger partial charge in [0.1, 0.15) is 0 Å². The van der Waals surface area contributed by atoms with E-state index in [-0.39, 0.29) is 5.41 Å². The third-order valence-electron chi connectivity index (χ3n) is 8.65. The molecule has 0 atom stereocenters. The van der Waals surface area contributed by atoms with Crippen LogP contribution in [0.5, 0.6) is 0 Å². The van der Waals surface area contributed by atoms with Crippen LogP contribution in [0.25, 0.3) is 64.7 Å². The number of hydrogen-bond acceptors (Lipinski definition) is 1. The molecular formula is C39H28S. The second kappa shape index (κ2) is 8.78. The summed E-state index contributed by atoms with van der Waals surface area (Å²) in [6.45, 7) is 4.76. The van der Waals surface area contributed by atoms with Gasteiger partial charge in [0.05, 0.1) is 0 Å². The summed E-state index contributed by atoms with van der Waals surface area (Å²) in [4.78, 5) is 0. The van der Waals surface area contributed by atoms with Crippen molar-refractivity contribution in [2.24, 2.45) is 0 Å². The highest BCUT2D eigenvalue weighted by atomic mass is 32.1. The normalized spacial score (nSPS) is 13.4. The van der Waals surface area contributed by atoms with Crippen molar-refractivity contribution in [3.05, 3.63) is 145 Å². The Kier molecular flexibility index (Phi) is 5.14. The van der Waals surface area contributed by atoms with Gasteiger partial charge in [-0.25, -0.2) is 0 Å². The van der Waals surface area contributed by atoms with Crippen LogP contribution in [0.3, 0.4) is 0 Å². The number of hydrogen-bond donors (Lipinski definition) is 0. The average molecular weight is 529 g/mol. The first kappa shape index (κ1) is 23.4. The zero-order chi connectivity index (χ0) is 26.8. The second-order valence-corrected chi connectivity index (χ2v) is 12.4. The molecule has 40 heavy (non-hydrogen) atoms. The van der Waals surface area contributed by atoms with Gasteiger partial charge in [0.15, 0.2) is 0 Å². The lowest BCUT2D eigenvalue weighted by Crippen LogP contribution is -2.16. The lowest BCUT2D eigenvalue weighted by Gasteiger charge is -2.25. The molecule has 0 bridgehead atoms. The maximum atomic E-state index is 2.42. The van der Waals surface area contributed by atoms with E-state index in [4.69, 9.17) is 0 Å². The van der Waals surface area contributed by atoms with Gasteiger partial charge in [-0.05, 0) is 79.9 Å². The lowest BCUT2D eigenvalue weighted by atomic mass is 9.78. The smallest absolute Gasteiger partial charge is 0.0433 e. The Labute approximate surface area is 239 Å². The SMILES string of the molecule is CC1(C)c2ccccc2-c2cc(-c3ccccc3)cc(-c3cccc(-c4cccc5c4sc4ccccc45)c3)c21. The standard InChI is InChI=1S/C39H28S/c1-39(2)35-20-8-6-16-30(35)34-24-28(25-12-4-3-5-13-25)23-33(37(34)39)27-15-10-14-26(22-27)29-18-11-19-32-31-17-7-9-21-36(31)40-38(29)32/h3-24H,1-2H3. The molecule has 0 aliphatic heterocycles. The molecule has 190 valence electrons. The molecule has 0 amide bonds. The summed E-state index contributed by atoms with van der Waals surface area (Å²) >= 11 is 1.90. The Bertz CT molecular complexity index is 2070. The maximum absolute atomic E-state index is 2.42. The number of thiophene rings is 1. The van der Waals surface area contributed by atoms with E-state index in [9.17, 15) is 0 Å². The van der Waals surface area contributed by atoms with Gasteiger partial charge in [-0.1, -0.05) is 123 Å². The van der Waals surface area contributed by atoms with Crippen LogP contribution in [-0.4, -0.2) is 0 Å². The van der Waals surface area contributed by atoms with Gasteiger partial charge in [-0.2, -0.15) is 0 Å². The van der Waals surface area contributed by atoms with Crippen molar-refractivity contribution in [1.29, 1.82) is 0 Å². The third-order valence-corrected chi connectivity index (χ3v) is 9.87. The quantitative estimate of drug-likeness (QED) is 0.214. The molecule has 0 saturated carbocycles. The molecule has 1 aliphatic carbocycles. The maximum Gasteiger partial charge on any atom is 0.0433 e. The minimum Gasteiger partial charge on any atom is -0.135 e. The topological polar surface area (TPSA) is 0 Å². The molecule has 0 N–H and O–H groups in total. The monoisotopic (exact) mass is 528 g/mol. The van der Waals surface area contributed by atoms with Crippen LogP contribution in [0.15, 0.2) is 133 Å². The molecule has 0 unspecified atom stereocenters. The minimum absolute atomic E-state index is 0.0853. The predicted molar refractivity (Wildman–Crippen MR) is 173 cm³/mol. The molecule has 0 saturated heterocycles. The van der Waals surface area contributed by atoms with Crippen molar-refractivity contribution in [2.45, 2.75) is 19.3 Å². The number of fused-ring (bicyclic) bond motifs is 6. The van der Waals surface area contributed by atoms with Gasteiger partial charge in [0.2, 0.25) is 0 Å². The molecular weight excluding hydrogens is 500 g/mol. The summed E-state index contributed by atoms with van der Waals surface area (Å²) in [6.07, 6.45) is 0. The zero-order valence-electron chi connectivity index (χ0n) is 22.6. The third kappa shape index (κ3) is 3.44. The first-order valence-corrected chi connectivity index (χ1v) is 14.8. The van der Waals surface area contributed by atoms with E-state index >= 15 is 0 Å². The predicted octanol–water partition coefficient (Wildman–Crippen LogP) is 11.4. The van der Waals surface area contributed by atoms with Gasteiger partial charge in [0, 0.05) is 25.6 Å². The van der Waals surface area contributed by atoms with E-state index < -0.39 is 0 Å². The first-order chi connectivity index (χ1) is 19.6. The average Bonchev–Trinajstić information content (AvgIpc) is 3.50. The zero-order valence-corrected chi connectivity index (χ0v) is 23.4. The largest absolute Gasteiger partial charge is 0.135 e. The van der Waals surface area contributed by atoms with Crippen molar-refractivity contribution in [3.63, 3.8) is 0 Å². The van der Waals surface area contributed by atoms with Gasteiger partial charge in [0.25, 0.3) is 0 Å². The molecule has 0 spiro atoms. The Morgan fingerprint density at radius 3 is 1.95 bits per heavy atom. The summed E-state index contributed by atoms with van der Waals surface area (Å²) in [6, 6.07) is 49.3. The van der Waals surface area contributed by atoms with Crippen LogP contribution in [-0.2, 0) is 5.41 Å². The van der Waals surface area contributed by atoms with Gasteiger partial charge in [-0.3, -0.25) is 0 Å². The Morgan fingerprint density at radius 1 is 0.450 bits per heavy atom. The van der Waals surface area contributed by atoms with Crippen molar-refractivity contribution in [3.8, 4) is 44.5 Å². The molecule has 0 fully saturated rings. The molecule has 1 aliphatic rings. The summed E-state index contributed by atoms with van der Waals surface area (Å²) in [5, 5.41) is 2.68. The molecule has 1 aromatic heterocycles. The molecule has 1 heterocycles. The van der Waals surface area contributed by atoms with E-state index in [0.717, 1.165) is 0 Å². The van der Waals surface area contributed by atoms with E-state index in [1.807, 2.05) is 11.3 Å². The second-order valence-electron chi connectivity index (χ2n) is 11.3. The van der Waals surface area contributed by atoms with E-state index in [1.54, 1.807) is 0 Å². The fourth-order valence-corrected chi connectivity index (χ4v) is 8.02. The van der Waals surface area contributed by atoms with Crippen LogP contribution in [0.1, 0.15) is 25.0 Å². The summed E-state index contributed by atoms with van der Waals surface area (Å²) in [5.41, 5.74) is 13.1. The summed E-state index contributed by atoms with van der Waals surface area (Å²) in [7, 11) is 0. The number of rotatable bonds is 3.